The second-order valence-electron chi connectivity index (χ2n) is 8.68. The summed E-state index contributed by atoms with van der Waals surface area (Å²) in [5.74, 6) is 7.05. The minimum atomic E-state index is -0.741. The van der Waals surface area contributed by atoms with Gasteiger partial charge in [0.1, 0.15) is 0 Å². The summed E-state index contributed by atoms with van der Waals surface area (Å²) in [5, 5.41) is 0. The molecule has 1 nitrogen and oxygen atoms in total. The lowest BCUT2D eigenvalue weighted by atomic mass is 9.64. The number of halogens is 2. The van der Waals surface area contributed by atoms with Crippen LogP contribution >= 0.6 is 0 Å². The van der Waals surface area contributed by atoms with Crippen molar-refractivity contribution in [3.63, 3.8) is 0 Å². The number of rotatable bonds is 3. The van der Waals surface area contributed by atoms with Crippen LogP contribution in [0.4, 0.5) is 8.78 Å². The Bertz CT molecular complexity index is 944. The van der Waals surface area contributed by atoms with Crippen molar-refractivity contribution in [3.05, 3.63) is 77.4 Å². The van der Waals surface area contributed by atoms with E-state index in [4.69, 9.17) is 4.74 Å². The Balaban J connectivity index is 1.42. The first-order chi connectivity index (χ1) is 14.6. The summed E-state index contributed by atoms with van der Waals surface area (Å²) in [6.07, 6.45) is 9.94. The molecular formula is C27H28F2O. The van der Waals surface area contributed by atoms with Crippen molar-refractivity contribution >= 4 is 0 Å². The van der Waals surface area contributed by atoms with Gasteiger partial charge in [0, 0.05) is 11.1 Å². The summed E-state index contributed by atoms with van der Waals surface area (Å²) >= 11 is 0. The van der Waals surface area contributed by atoms with Crippen LogP contribution < -0.4 is 4.74 Å². The largest absolute Gasteiger partial charge is 0.491 e. The maximum Gasteiger partial charge on any atom is 0.190 e. The van der Waals surface area contributed by atoms with Crippen LogP contribution in [0.1, 0.15) is 61.1 Å². The predicted molar refractivity (Wildman–Crippen MR) is 116 cm³/mol. The Morgan fingerprint density at radius 2 is 1.53 bits per heavy atom. The summed E-state index contributed by atoms with van der Waals surface area (Å²) < 4.78 is 32.3. The van der Waals surface area contributed by atoms with Crippen molar-refractivity contribution in [1.29, 1.82) is 0 Å². The van der Waals surface area contributed by atoms with Gasteiger partial charge < -0.3 is 4.74 Å². The number of allylic oxidation sites excluding steroid dienone is 1. The number of hydrogen-bond donors (Lipinski definition) is 0. The van der Waals surface area contributed by atoms with Gasteiger partial charge in [-0.3, -0.25) is 0 Å². The second kappa shape index (κ2) is 9.04. The number of ether oxygens (including phenoxy) is 1. The molecule has 0 N–H and O–H groups in total. The SMILES string of the molecule is C=CC1CCC2CC(c3ccc(C#Cc4cc(F)c(OC)c(F)c4)cc3)CCC2C1. The quantitative estimate of drug-likeness (QED) is 0.400. The fourth-order valence-electron chi connectivity index (χ4n) is 5.25. The molecule has 2 aliphatic rings. The van der Waals surface area contributed by atoms with Gasteiger partial charge in [-0.15, -0.1) is 6.58 Å². The molecule has 4 atom stereocenters. The third kappa shape index (κ3) is 4.43. The average Bonchev–Trinajstić information content (AvgIpc) is 2.77. The number of fused-ring (bicyclic) bond motifs is 1. The zero-order chi connectivity index (χ0) is 21.1. The van der Waals surface area contributed by atoms with Gasteiger partial charge >= 0.3 is 0 Å². The van der Waals surface area contributed by atoms with Gasteiger partial charge in [-0.2, -0.15) is 0 Å². The molecule has 2 aliphatic carbocycles. The van der Waals surface area contributed by atoms with Gasteiger partial charge in [0.25, 0.3) is 0 Å². The molecule has 0 aromatic heterocycles. The van der Waals surface area contributed by atoms with E-state index >= 15 is 0 Å². The maximum atomic E-state index is 13.8. The Morgan fingerprint density at radius 3 is 2.20 bits per heavy atom. The Hall–Kier alpha value is -2.60. The summed E-state index contributed by atoms with van der Waals surface area (Å²) in [6, 6.07) is 10.8. The van der Waals surface area contributed by atoms with Crippen molar-refractivity contribution in [3.8, 4) is 17.6 Å². The van der Waals surface area contributed by atoms with E-state index in [1.807, 2.05) is 12.1 Å². The molecule has 0 bridgehead atoms. The highest BCUT2D eigenvalue weighted by atomic mass is 19.1. The van der Waals surface area contributed by atoms with Crippen molar-refractivity contribution in [2.45, 2.75) is 44.4 Å². The fourth-order valence-corrected chi connectivity index (χ4v) is 5.25. The highest BCUT2D eigenvalue weighted by Gasteiger charge is 2.35. The monoisotopic (exact) mass is 406 g/mol. The molecule has 2 fully saturated rings. The number of benzene rings is 2. The molecule has 4 unspecified atom stereocenters. The van der Waals surface area contributed by atoms with Crippen molar-refractivity contribution in [2.24, 2.45) is 17.8 Å². The number of methoxy groups -OCH3 is 1. The van der Waals surface area contributed by atoms with E-state index in [1.54, 1.807) is 0 Å². The van der Waals surface area contributed by atoms with Gasteiger partial charge in [0.05, 0.1) is 7.11 Å². The van der Waals surface area contributed by atoms with E-state index in [9.17, 15) is 8.78 Å². The average molecular weight is 407 g/mol. The molecule has 3 heteroatoms. The van der Waals surface area contributed by atoms with Crippen molar-refractivity contribution in [2.75, 3.05) is 7.11 Å². The molecule has 0 spiro atoms. The first kappa shape index (κ1) is 20.7. The standard InChI is InChI=1S/C27H28F2O/c1-3-18-6-11-24-17-23(13-12-22(24)14-18)21-9-7-19(8-10-21)4-5-20-15-25(28)27(30-2)26(29)16-20/h3,7-10,15-16,18,22-24H,1,6,11-14,17H2,2H3. The van der Waals surface area contributed by atoms with Crippen LogP contribution in [0.25, 0.3) is 0 Å². The lowest BCUT2D eigenvalue weighted by Gasteiger charge is -2.41. The molecule has 0 heterocycles. The van der Waals surface area contributed by atoms with Crippen LogP contribution in [0.5, 0.6) is 5.75 Å². The molecule has 2 aromatic rings. The number of hydrogen-bond acceptors (Lipinski definition) is 1. The van der Waals surface area contributed by atoms with E-state index in [-0.39, 0.29) is 5.75 Å². The first-order valence-electron chi connectivity index (χ1n) is 10.8. The molecule has 156 valence electrons. The fraction of sp³-hybridized carbons (Fsp3) is 0.407. The maximum absolute atomic E-state index is 13.8. The van der Waals surface area contributed by atoms with E-state index in [2.05, 4.69) is 36.6 Å². The lowest BCUT2D eigenvalue weighted by molar-refractivity contribution is 0.133. The van der Waals surface area contributed by atoms with Crippen LogP contribution in [-0.4, -0.2) is 7.11 Å². The summed E-state index contributed by atoms with van der Waals surface area (Å²) in [7, 11) is 1.24. The predicted octanol–water partition coefficient (Wildman–Crippen LogP) is 6.86. The minimum absolute atomic E-state index is 0.295. The first-order valence-corrected chi connectivity index (χ1v) is 10.8. The lowest BCUT2D eigenvalue weighted by Crippen LogP contribution is -2.29. The van der Waals surface area contributed by atoms with E-state index in [0.717, 1.165) is 17.4 Å². The third-order valence-corrected chi connectivity index (χ3v) is 6.92. The highest BCUT2D eigenvalue weighted by Crippen LogP contribution is 2.47. The molecule has 30 heavy (non-hydrogen) atoms. The molecule has 0 saturated heterocycles. The molecule has 2 aromatic carbocycles. The molecule has 0 aliphatic heterocycles. The normalized spacial score (nSPS) is 25.6. The minimum Gasteiger partial charge on any atom is -0.491 e. The summed E-state index contributed by atoms with van der Waals surface area (Å²) in [4.78, 5) is 0. The van der Waals surface area contributed by atoms with Gasteiger partial charge in [0.2, 0.25) is 0 Å². The summed E-state index contributed by atoms with van der Waals surface area (Å²) in [5.41, 5.74) is 2.52. The van der Waals surface area contributed by atoms with Gasteiger partial charge in [-0.1, -0.05) is 30.0 Å². The van der Waals surface area contributed by atoms with Crippen LogP contribution in [0.2, 0.25) is 0 Å². The molecular weight excluding hydrogens is 378 g/mol. The van der Waals surface area contributed by atoms with Gasteiger partial charge in [0.15, 0.2) is 17.4 Å². The van der Waals surface area contributed by atoms with Crippen molar-refractivity contribution in [1.82, 2.24) is 0 Å². The molecule has 4 rings (SSSR count). The van der Waals surface area contributed by atoms with Crippen LogP contribution in [0, 0.1) is 41.2 Å². The van der Waals surface area contributed by atoms with Crippen LogP contribution in [0.3, 0.4) is 0 Å². The summed E-state index contributed by atoms with van der Waals surface area (Å²) in [6.45, 7) is 3.99. The molecule has 0 radical (unpaired) electrons. The van der Waals surface area contributed by atoms with Gasteiger partial charge in [-0.05, 0) is 92.0 Å². The topological polar surface area (TPSA) is 9.23 Å². The molecule has 0 amide bonds. The zero-order valence-corrected chi connectivity index (χ0v) is 17.5. The highest BCUT2D eigenvalue weighted by molar-refractivity contribution is 5.46. The van der Waals surface area contributed by atoms with Crippen LogP contribution in [-0.2, 0) is 0 Å². The van der Waals surface area contributed by atoms with Gasteiger partial charge in [-0.25, -0.2) is 8.78 Å². The van der Waals surface area contributed by atoms with E-state index < -0.39 is 11.6 Å². The Morgan fingerprint density at radius 1 is 0.900 bits per heavy atom. The zero-order valence-electron chi connectivity index (χ0n) is 17.5. The van der Waals surface area contributed by atoms with E-state index in [1.165, 1.54) is 63.3 Å². The molecule has 2 saturated carbocycles. The Kier molecular flexibility index (Phi) is 6.23. The van der Waals surface area contributed by atoms with Crippen molar-refractivity contribution < 1.29 is 13.5 Å². The van der Waals surface area contributed by atoms with Crippen LogP contribution in [0.15, 0.2) is 49.1 Å². The van der Waals surface area contributed by atoms with E-state index in [0.29, 0.717) is 17.4 Å². The Labute approximate surface area is 178 Å². The third-order valence-electron chi connectivity index (χ3n) is 6.92. The second-order valence-corrected chi connectivity index (χ2v) is 8.68. The smallest absolute Gasteiger partial charge is 0.190 e.